The van der Waals surface area contributed by atoms with Gasteiger partial charge in [-0.05, 0) is 60.5 Å². The lowest BCUT2D eigenvalue weighted by atomic mass is 10.1. The number of carbonyl (C=O) groups excluding carboxylic acids is 3. The Morgan fingerprint density at radius 1 is 0.884 bits per heavy atom. The van der Waals surface area contributed by atoms with Crippen LogP contribution in [0.3, 0.4) is 0 Å². The highest BCUT2D eigenvalue weighted by atomic mass is 19.4. The Balaban J connectivity index is 1.49. The highest BCUT2D eigenvalue weighted by Gasteiger charge is 2.31. The largest absolute Gasteiger partial charge is 0.416 e. The molecule has 3 aromatic carbocycles. The molecule has 1 fully saturated rings. The van der Waals surface area contributed by atoms with Crippen molar-refractivity contribution in [2.24, 2.45) is 0 Å². The van der Waals surface area contributed by atoms with Crippen molar-refractivity contribution in [2.45, 2.75) is 19.1 Å². The first kappa shape index (κ1) is 31.3. The zero-order valence-corrected chi connectivity index (χ0v) is 23.3. The lowest BCUT2D eigenvalue weighted by Gasteiger charge is -2.26. The molecule has 4 amide bonds. The summed E-state index contributed by atoms with van der Waals surface area (Å²) in [7, 11) is 1.39. The van der Waals surface area contributed by atoms with Crippen LogP contribution in [0, 0.1) is 5.82 Å². The van der Waals surface area contributed by atoms with E-state index < -0.39 is 35.4 Å². The molecule has 1 aliphatic rings. The van der Waals surface area contributed by atoms with Crippen molar-refractivity contribution in [1.29, 1.82) is 0 Å². The Kier molecular flexibility index (Phi) is 10.2. The van der Waals surface area contributed by atoms with Crippen LogP contribution in [0.2, 0.25) is 0 Å². The number of carbonyl (C=O) groups is 3. The number of rotatable bonds is 8. The topological polar surface area (TPSA) is 103 Å². The summed E-state index contributed by atoms with van der Waals surface area (Å²) in [5, 5.41) is 8.05. The van der Waals surface area contributed by atoms with Gasteiger partial charge in [-0.2, -0.15) is 13.2 Å². The molecule has 0 aromatic heterocycles. The average Bonchev–Trinajstić information content (AvgIpc) is 3.23. The quantitative estimate of drug-likeness (QED) is 0.312. The molecule has 1 saturated heterocycles. The third-order valence-electron chi connectivity index (χ3n) is 6.73. The number of urea groups is 1. The second-order valence-electron chi connectivity index (χ2n) is 9.86. The van der Waals surface area contributed by atoms with Gasteiger partial charge in [-0.25, -0.2) is 9.18 Å². The Morgan fingerprint density at radius 3 is 2.35 bits per heavy atom. The first-order valence-corrected chi connectivity index (χ1v) is 13.5. The van der Waals surface area contributed by atoms with Crippen molar-refractivity contribution in [1.82, 2.24) is 10.2 Å². The second-order valence-corrected chi connectivity index (χ2v) is 9.86. The molecule has 0 unspecified atom stereocenters. The summed E-state index contributed by atoms with van der Waals surface area (Å²) < 4.78 is 57.4. The zero-order valence-electron chi connectivity index (χ0n) is 23.3. The molecule has 0 radical (unpaired) electrons. The van der Waals surface area contributed by atoms with E-state index >= 15 is 0 Å². The average molecular weight is 602 g/mol. The third-order valence-corrected chi connectivity index (χ3v) is 6.73. The Morgan fingerprint density at radius 2 is 1.63 bits per heavy atom. The molecule has 13 heteroatoms. The summed E-state index contributed by atoms with van der Waals surface area (Å²) in [6.07, 6.45) is -4.01. The fourth-order valence-electron chi connectivity index (χ4n) is 4.62. The van der Waals surface area contributed by atoms with Crippen LogP contribution in [0.25, 0.3) is 0 Å². The molecule has 3 aromatic rings. The minimum absolute atomic E-state index is 0.0344. The number of nitrogens with one attached hydrogen (secondary N) is 3. The van der Waals surface area contributed by atoms with E-state index in [0.717, 1.165) is 12.1 Å². The molecule has 43 heavy (non-hydrogen) atoms. The van der Waals surface area contributed by atoms with Gasteiger partial charge in [-0.1, -0.05) is 18.2 Å². The number of hydrogen-bond acceptors (Lipinski definition) is 5. The van der Waals surface area contributed by atoms with Gasteiger partial charge in [0.25, 0.3) is 5.91 Å². The van der Waals surface area contributed by atoms with Crippen LogP contribution in [0.4, 0.5) is 39.4 Å². The van der Waals surface area contributed by atoms with Gasteiger partial charge in [0.15, 0.2) is 0 Å². The summed E-state index contributed by atoms with van der Waals surface area (Å²) in [6, 6.07) is 14.5. The molecule has 228 valence electrons. The fraction of sp³-hybridized carbons (Fsp3) is 0.300. The SMILES string of the molecule is COCC(=O)Nc1ccc(N2CCCN(C(=O)Nc3cccc(C(F)(F)F)c3)CC2)c(C(=O)NCc2ccc(F)cc2)c1. The first-order chi connectivity index (χ1) is 20.5. The van der Waals surface area contributed by atoms with Crippen LogP contribution in [0.1, 0.15) is 27.9 Å². The molecular formula is C30H31F4N5O4. The maximum atomic E-state index is 13.4. The van der Waals surface area contributed by atoms with Gasteiger partial charge >= 0.3 is 12.2 Å². The summed E-state index contributed by atoms with van der Waals surface area (Å²) >= 11 is 0. The van der Waals surface area contributed by atoms with Crippen LogP contribution in [0.15, 0.2) is 66.7 Å². The van der Waals surface area contributed by atoms with E-state index in [2.05, 4.69) is 16.0 Å². The highest BCUT2D eigenvalue weighted by molar-refractivity contribution is 6.02. The van der Waals surface area contributed by atoms with E-state index in [1.54, 1.807) is 30.3 Å². The number of methoxy groups -OCH3 is 1. The molecule has 1 aliphatic heterocycles. The number of benzene rings is 3. The monoisotopic (exact) mass is 601 g/mol. The van der Waals surface area contributed by atoms with Crippen molar-refractivity contribution < 1.29 is 36.7 Å². The molecule has 0 spiro atoms. The predicted octanol–water partition coefficient (Wildman–Crippen LogP) is 5.10. The number of nitrogens with zero attached hydrogens (tertiary/aromatic N) is 2. The molecule has 1 heterocycles. The highest BCUT2D eigenvalue weighted by Crippen LogP contribution is 2.31. The summed E-state index contributed by atoms with van der Waals surface area (Å²) in [4.78, 5) is 41.8. The van der Waals surface area contributed by atoms with E-state index in [0.29, 0.717) is 43.0 Å². The molecule has 0 atom stereocenters. The number of ether oxygens (including phenoxy) is 1. The first-order valence-electron chi connectivity index (χ1n) is 13.5. The van der Waals surface area contributed by atoms with Crippen molar-refractivity contribution in [3.63, 3.8) is 0 Å². The molecular weight excluding hydrogens is 570 g/mol. The molecule has 9 nitrogen and oxygen atoms in total. The lowest BCUT2D eigenvalue weighted by molar-refractivity contribution is -0.137. The van der Waals surface area contributed by atoms with Crippen LogP contribution < -0.4 is 20.9 Å². The number of hydrogen-bond donors (Lipinski definition) is 3. The summed E-state index contributed by atoms with van der Waals surface area (Å²) in [5.74, 6) is -1.22. The standard InChI is InChI=1S/C30H31F4N5O4/c1-43-19-27(40)36-24-10-11-26(25(17-24)28(41)35-18-20-6-8-22(31)9-7-20)38-12-3-13-39(15-14-38)29(42)37-23-5-2-4-21(16-23)30(32,33)34/h2,4-11,16-17H,3,12-15,18-19H2,1H3,(H,35,41)(H,36,40)(H,37,42). The normalized spacial score (nSPS) is 13.7. The van der Waals surface area contributed by atoms with Crippen molar-refractivity contribution in [3.8, 4) is 0 Å². The van der Waals surface area contributed by atoms with Gasteiger partial charge in [-0.3, -0.25) is 9.59 Å². The van der Waals surface area contributed by atoms with E-state index in [1.807, 2.05) is 4.90 Å². The zero-order chi connectivity index (χ0) is 31.0. The van der Waals surface area contributed by atoms with Crippen molar-refractivity contribution in [2.75, 3.05) is 55.4 Å². The van der Waals surface area contributed by atoms with Gasteiger partial charge in [0, 0.05) is 56.9 Å². The van der Waals surface area contributed by atoms with Crippen molar-refractivity contribution in [3.05, 3.63) is 89.2 Å². The number of amides is 4. The van der Waals surface area contributed by atoms with Gasteiger partial charge in [-0.15, -0.1) is 0 Å². The fourth-order valence-corrected chi connectivity index (χ4v) is 4.62. The van der Waals surface area contributed by atoms with Gasteiger partial charge in [0.2, 0.25) is 5.91 Å². The summed E-state index contributed by atoms with van der Waals surface area (Å²) in [5.41, 5.74) is 1.10. The minimum Gasteiger partial charge on any atom is -0.375 e. The van der Waals surface area contributed by atoms with Crippen LogP contribution in [0.5, 0.6) is 0 Å². The molecule has 4 rings (SSSR count). The molecule has 0 saturated carbocycles. The molecule has 3 N–H and O–H groups in total. The van der Waals surface area contributed by atoms with E-state index in [9.17, 15) is 31.9 Å². The smallest absolute Gasteiger partial charge is 0.375 e. The van der Waals surface area contributed by atoms with Gasteiger partial charge in [0.05, 0.1) is 11.1 Å². The second kappa shape index (κ2) is 14.0. The maximum Gasteiger partial charge on any atom is 0.416 e. The Bertz CT molecular complexity index is 1450. The van der Waals surface area contributed by atoms with Crippen molar-refractivity contribution >= 4 is 34.9 Å². The Hall–Kier alpha value is -4.65. The number of halogens is 4. The maximum absolute atomic E-state index is 13.4. The van der Waals surface area contributed by atoms with Gasteiger partial charge in [0.1, 0.15) is 12.4 Å². The number of alkyl halides is 3. The van der Waals surface area contributed by atoms with Crippen LogP contribution >= 0.6 is 0 Å². The van der Waals surface area contributed by atoms with Gasteiger partial charge < -0.3 is 30.5 Å². The third kappa shape index (κ3) is 8.67. The van der Waals surface area contributed by atoms with Crippen LogP contribution in [-0.4, -0.2) is 62.6 Å². The van der Waals surface area contributed by atoms with E-state index in [-0.39, 0.29) is 30.9 Å². The van der Waals surface area contributed by atoms with E-state index in [1.165, 1.54) is 36.3 Å². The minimum atomic E-state index is -4.53. The van der Waals surface area contributed by atoms with E-state index in [4.69, 9.17) is 4.74 Å². The number of anilines is 3. The van der Waals surface area contributed by atoms with Crippen LogP contribution in [-0.2, 0) is 22.3 Å². The predicted molar refractivity (Wildman–Crippen MR) is 153 cm³/mol. The lowest BCUT2D eigenvalue weighted by Crippen LogP contribution is -2.38. The summed E-state index contributed by atoms with van der Waals surface area (Å²) in [6.45, 7) is 1.39. The Labute approximate surface area is 245 Å². The molecule has 0 bridgehead atoms. The molecule has 0 aliphatic carbocycles.